The van der Waals surface area contributed by atoms with Crippen molar-refractivity contribution in [3.63, 3.8) is 0 Å². The van der Waals surface area contributed by atoms with Crippen LogP contribution in [0, 0.1) is 0 Å². The van der Waals surface area contributed by atoms with Gasteiger partial charge in [0.05, 0.1) is 17.7 Å². The number of rotatable bonds is 3. The second-order valence-corrected chi connectivity index (χ2v) is 4.42. The Bertz CT molecular complexity index is 388. The number of nitrogen functional groups attached to an aromatic ring is 1. The Labute approximate surface area is 95.7 Å². The summed E-state index contributed by atoms with van der Waals surface area (Å²) >= 11 is 0. The van der Waals surface area contributed by atoms with Gasteiger partial charge in [-0.05, 0) is 26.0 Å². The minimum atomic E-state index is -0.598. The number of carbonyl (C=O) groups is 1. The Kier molecular flexibility index (Phi) is 3.55. The molecule has 0 aliphatic rings. The van der Waals surface area contributed by atoms with Gasteiger partial charge < -0.3 is 15.7 Å². The van der Waals surface area contributed by atoms with Gasteiger partial charge in [0.15, 0.2) is 0 Å². The lowest BCUT2D eigenvalue weighted by Gasteiger charge is -2.34. The molecule has 0 saturated carbocycles. The van der Waals surface area contributed by atoms with Gasteiger partial charge in [-0.1, -0.05) is 12.1 Å². The van der Waals surface area contributed by atoms with E-state index in [1.165, 1.54) is 4.90 Å². The van der Waals surface area contributed by atoms with Crippen LogP contribution in [0.25, 0.3) is 0 Å². The molecule has 3 N–H and O–H groups in total. The predicted molar refractivity (Wildman–Crippen MR) is 64.1 cm³/mol. The van der Waals surface area contributed by atoms with Gasteiger partial charge in [0.2, 0.25) is 0 Å². The molecular weight excluding hydrogens is 204 g/mol. The van der Waals surface area contributed by atoms with E-state index in [4.69, 9.17) is 5.73 Å². The number of carbonyl (C=O) groups excluding carboxylic acids is 1. The maximum Gasteiger partial charge on any atom is 0.256 e. The molecule has 4 heteroatoms. The first-order valence-electron chi connectivity index (χ1n) is 5.13. The zero-order valence-corrected chi connectivity index (χ0v) is 9.90. The Morgan fingerprint density at radius 3 is 2.50 bits per heavy atom. The van der Waals surface area contributed by atoms with Crippen LogP contribution in [-0.2, 0) is 0 Å². The highest BCUT2D eigenvalue weighted by molar-refractivity contribution is 5.99. The first-order chi connectivity index (χ1) is 7.40. The number of para-hydroxylation sites is 1. The van der Waals surface area contributed by atoms with E-state index in [2.05, 4.69) is 0 Å². The van der Waals surface area contributed by atoms with Crippen LogP contribution in [0.5, 0.6) is 0 Å². The molecule has 1 aromatic rings. The van der Waals surface area contributed by atoms with E-state index in [-0.39, 0.29) is 12.5 Å². The smallest absolute Gasteiger partial charge is 0.256 e. The average Bonchev–Trinajstić information content (AvgIpc) is 2.27. The van der Waals surface area contributed by atoms with E-state index in [1.54, 1.807) is 45.2 Å². The number of amides is 1. The number of benzene rings is 1. The van der Waals surface area contributed by atoms with Gasteiger partial charge in [-0.2, -0.15) is 0 Å². The molecule has 0 heterocycles. The number of hydrogen-bond acceptors (Lipinski definition) is 3. The van der Waals surface area contributed by atoms with Crippen molar-refractivity contribution in [3.8, 4) is 0 Å². The highest BCUT2D eigenvalue weighted by Crippen LogP contribution is 2.18. The van der Waals surface area contributed by atoms with E-state index in [0.717, 1.165) is 0 Å². The summed E-state index contributed by atoms with van der Waals surface area (Å²) in [6.07, 6.45) is 0. The molecular formula is C12H18N2O2. The minimum Gasteiger partial charge on any atom is -0.398 e. The number of hydrogen-bond donors (Lipinski definition) is 2. The molecule has 1 amide bonds. The third-order valence-electron chi connectivity index (χ3n) is 2.79. The molecule has 1 aromatic carbocycles. The van der Waals surface area contributed by atoms with Crippen molar-refractivity contribution in [1.29, 1.82) is 0 Å². The summed E-state index contributed by atoms with van der Waals surface area (Å²) < 4.78 is 0. The lowest BCUT2D eigenvalue weighted by atomic mass is 10.0. The maximum absolute atomic E-state index is 12.1. The topological polar surface area (TPSA) is 66.6 Å². The number of anilines is 1. The van der Waals surface area contributed by atoms with Gasteiger partial charge in [-0.3, -0.25) is 4.79 Å². The van der Waals surface area contributed by atoms with Crippen molar-refractivity contribution >= 4 is 11.6 Å². The largest absolute Gasteiger partial charge is 0.398 e. The predicted octanol–water partition coefficient (Wildman–Crippen LogP) is 1.11. The third-order valence-corrected chi connectivity index (χ3v) is 2.79. The van der Waals surface area contributed by atoms with Crippen LogP contribution < -0.4 is 5.73 Å². The first kappa shape index (κ1) is 12.5. The van der Waals surface area contributed by atoms with Gasteiger partial charge in [0, 0.05) is 12.7 Å². The van der Waals surface area contributed by atoms with Crippen molar-refractivity contribution in [2.24, 2.45) is 0 Å². The van der Waals surface area contributed by atoms with Gasteiger partial charge in [0.25, 0.3) is 5.91 Å². The Morgan fingerprint density at radius 2 is 2.00 bits per heavy atom. The molecule has 0 unspecified atom stereocenters. The lowest BCUT2D eigenvalue weighted by Crippen LogP contribution is -2.47. The SMILES string of the molecule is CN(C(=O)c1ccccc1N)C(C)(C)CO. The second-order valence-electron chi connectivity index (χ2n) is 4.42. The molecule has 0 radical (unpaired) electrons. The zero-order valence-electron chi connectivity index (χ0n) is 9.90. The minimum absolute atomic E-state index is 0.0953. The first-order valence-corrected chi connectivity index (χ1v) is 5.13. The van der Waals surface area contributed by atoms with E-state index < -0.39 is 5.54 Å². The fraction of sp³-hybridized carbons (Fsp3) is 0.417. The summed E-state index contributed by atoms with van der Waals surface area (Å²) in [5.74, 6) is -0.183. The van der Waals surface area contributed by atoms with Crippen molar-refractivity contribution in [1.82, 2.24) is 4.90 Å². The molecule has 0 bridgehead atoms. The van der Waals surface area contributed by atoms with Crippen LogP contribution in [-0.4, -0.2) is 35.1 Å². The number of nitrogens with two attached hydrogens (primary N) is 1. The molecule has 4 nitrogen and oxygen atoms in total. The molecule has 16 heavy (non-hydrogen) atoms. The zero-order chi connectivity index (χ0) is 12.3. The van der Waals surface area contributed by atoms with Crippen LogP contribution in [0.3, 0.4) is 0 Å². The summed E-state index contributed by atoms with van der Waals surface area (Å²) in [5.41, 5.74) is 6.05. The Balaban J connectivity index is 3.00. The molecule has 0 aliphatic heterocycles. The highest BCUT2D eigenvalue weighted by Gasteiger charge is 2.28. The molecule has 88 valence electrons. The second kappa shape index (κ2) is 4.53. The van der Waals surface area contributed by atoms with E-state index in [9.17, 15) is 9.90 Å². The standard InChI is InChI=1S/C12H18N2O2/c1-12(2,8-15)14(3)11(16)9-6-4-5-7-10(9)13/h4-7,15H,8,13H2,1-3H3. The summed E-state index contributed by atoms with van der Waals surface area (Å²) in [6, 6.07) is 6.92. The normalized spacial score (nSPS) is 11.2. The third kappa shape index (κ3) is 2.33. The van der Waals surface area contributed by atoms with Crippen molar-refractivity contribution in [2.45, 2.75) is 19.4 Å². The van der Waals surface area contributed by atoms with Crippen LogP contribution in [0.4, 0.5) is 5.69 Å². The summed E-state index contributed by atoms with van der Waals surface area (Å²) in [4.78, 5) is 13.6. The molecule has 0 spiro atoms. The van der Waals surface area contributed by atoms with E-state index >= 15 is 0 Å². The van der Waals surface area contributed by atoms with Crippen LogP contribution >= 0.6 is 0 Å². The molecule has 1 rings (SSSR count). The van der Waals surface area contributed by atoms with Crippen LogP contribution in [0.15, 0.2) is 24.3 Å². The Hall–Kier alpha value is -1.55. The average molecular weight is 222 g/mol. The number of likely N-dealkylation sites (N-methyl/N-ethyl adjacent to an activating group) is 1. The van der Waals surface area contributed by atoms with Crippen molar-refractivity contribution in [3.05, 3.63) is 29.8 Å². The maximum atomic E-state index is 12.1. The van der Waals surface area contributed by atoms with Gasteiger partial charge in [-0.15, -0.1) is 0 Å². The van der Waals surface area contributed by atoms with Crippen molar-refractivity contribution < 1.29 is 9.90 Å². The number of aliphatic hydroxyl groups is 1. The lowest BCUT2D eigenvalue weighted by molar-refractivity contribution is 0.0474. The quantitative estimate of drug-likeness (QED) is 0.753. The van der Waals surface area contributed by atoms with Gasteiger partial charge in [0.1, 0.15) is 0 Å². The fourth-order valence-corrected chi connectivity index (χ4v) is 1.25. The van der Waals surface area contributed by atoms with Crippen molar-refractivity contribution in [2.75, 3.05) is 19.4 Å². The van der Waals surface area contributed by atoms with Crippen LogP contribution in [0.1, 0.15) is 24.2 Å². The van der Waals surface area contributed by atoms with Gasteiger partial charge >= 0.3 is 0 Å². The van der Waals surface area contributed by atoms with Gasteiger partial charge in [-0.25, -0.2) is 0 Å². The van der Waals surface area contributed by atoms with E-state index in [1.807, 2.05) is 0 Å². The number of nitrogens with zero attached hydrogens (tertiary/aromatic N) is 1. The fourth-order valence-electron chi connectivity index (χ4n) is 1.25. The molecule has 0 aromatic heterocycles. The summed E-state index contributed by atoms with van der Waals surface area (Å²) in [5, 5.41) is 9.20. The molecule has 0 fully saturated rings. The highest BCUT2D eigenvalue weighted by atomic mass is 16.3. The monoisotopic (exact) mass is 222 g/mol. The van der Waals surface area contributed by atoms with E-state index in [0.29, 0.717) is 11.3 Å². The summed E-state index contributed by atoms with van der Waals surface area (Å²) in [6.45, 7) is 3.50. The number of aliphatic hydroxyl groups excluding tert-OH is 1. The summed E-state index contributed by atoms with van der Waals surface area (Å²) in [7, 11) is 1.66. The molecule has 0 saturated heterocycles. The molecule has 0 aliphatic carbocycles. The molecule has 0 atom stereocenters. The Morgan fingerprint density at radius 1 is 1.44 bits per heavy atom. The van der Waals surface area contributed by atoms with Crippen LogP contribution in [0.2, 0.25) is 0 Å².